The number of hydrogen-bond acceptors (Lipinski definition) is 6. The van der Waals surface area contributed by atoms with Crippen LogP contribution in [-0.4, -0.2) is 35.9 Å². The van der Waals surface area contributed by atoms with Crippen molar-refractivity contribution in [3.63, 3.8) is 0 Å². The van der Waals surface area contributed by atoms with Crippen LogP contribution in [0.1, 0.15) is 0 Å². The first-order chi connectivity index (χ1) is 16.2. The van der Waals surface area contributed by atoms with Gasteiger partial charge in [-0.05, 0) is 22.8 Å². The van der Waals surface area contributed by atoms with Gasteiger partial charge in [-0.2, -0.15) is 16.8 Å². The third-order valence-corrected chi connectivity index (χ3v) is 7.27. The molecule has 0 aliphatic heterocycles. The number of hydrogen-bond donors (Lipinski definition) is 2. The molecule has 2 heterocycles. The summed E-state index contributed by atoms with van der Waals surface area (Å²) in [5.41, 5.74) is 2.28. The third-order valence-electron chi connectivity index (χ3n) is 5.44. The molecular weight excluding hydrogens is 577 g/mol. The molecule has 5 aromatic rings. The minimum absolute atomic E-state index is 0. The molecule has 0 saturated carbocycles. The van der Waals surface area contributed by atoms with Crippen LogP contribution in [0.5, 0.6) is 0 Å². The van der Waals surface area contributed by atoms with Gasteiger partial charge < -0.3 is 0 Å². The van der Waals surface area contributed by atoms with Crippen LogP contribution in [0.15, 0.2) is 95.0 Å². The van der Waals surface area contributed by atoms with E-state index in [0.717, 1.165) is 11.1 Å². The molecule has 0 radical (unpaired) electrons. The third kappa shape index (κ3) is 4.49. The fraction of sp³-hybridized carbons (Fsp3) is 0. The van der Waals surface area contributed by atoms with E-state index in [0.29, 0.717) is 16.5 Å². The maximum Gasteiger partial charge on any atom is 0.313 e. The van der Waals surface area contributed by atoms with Gasteiger partial charge in [0.25, 0.3) is 10.1 Å². The first-order valence-electron chi connectivity index (χ1n) is 9.97. The Bertz CT molecular complexity index is 1800. The summed E-state index contributed by atoms with van der Waals surface area (Å²) >= 11 is 0. The van der Waals surface area contributed by atoms with Crippen molar-refractivity contribution in [3.8, 4) is 22.3 Å². The average Bonchev–Trinajstić information content (AvgIpc) is 2.82. The molecule has 35 heavy (non-hydrogen) atoms. The van der Waals surface area contributed by atoms with Crippen molar-refractivity contribution >= 4 is 42.0 Å². The molecule has 0 amide bonds. The molecule has 5 rings (SSSR count). The van der Waals surface area contributed by atoms with E-state index in [-0.39, 0.29) is 35.9 Å². The van der Waals surface area contributed by atoms with Gasteiger partial charge in [-0.25, -0.2) is 4.98 Å². The number of fused-ring (bicyclic) bond motifs is 3. The van der Waals surface area contributed by atoms with Gasteiger partial charge in [-0.3, -0.25) is 14.1 Å². The summed E-state index contributed by atoms with van der Waals surface area (Å²) in [7, 11) is -10.3. The number of aromatic nitrogens is 2. The standard InChI is InChI=1S/C24H16N2O6S2.Ru/c27-33(28,29)23-20(16-9-5-2-6-10-16)19-12-11-18-17(15-7-3-1-4-8-15)13-14-25-21(18)22(19)26-24(23)34(30,31)32;/h1-14H,(H,27,28,29)(H,30,31,32);. The smallest absolute Gasteiger partial charge is 0.282 e. The van der Waals surface area contributed by atoms with Crippen LogP contribution in [0.4, 0.5) is 0 Å². The van der Waals surface area contributed by atoms with Crippen molar-refractivity contribution in [1.29, 1.82) is 0 Å². The minimum Gasteiger partial charge on any atom is -0.282 e. The van der Waals surface area contributed by atoms with E-state index in [2.05, 4.69) is 9.97 Å². The quantitative estimate of drug-likeness (QED) is 0.175. The molecule has 0 unspecified atom stereocenters. The molecule has 11 heteroatoms. The Balaban J connectivity index is 0.00000289. The Morgan fingerprint density at radius 2 is 1.20 bits per heavy atom. The average molecular weight is 594 g/mol. The summed E-state index contributed by atoms with van der Waals surface area (Å²) in [6.07, 6.45) is 1.54. The van der Waals surface area contributed by atoms with Crippen LogP contribution in [0.25, 0.3) is 44.1 Å². The van der Waals surface area contributed by atoms with E-state index in [1.54, 1.807) is 48.5 Å². The normalized spacial score (nSPS) is 11.9. The van der Waals surface area contributed by atoms with Gasteiger partial charge in [0.2, 0.25) is 5.03 Å². The molecule has 8 nitrogen and oxygen atoms in total. The monoisotopic (exact) mass is 594 g/mol. The van der Waals surface area contributed by atoms with Gasteiger partial charge in [0.1, 0.15) is 4.90 Å². The van der Waals surface area contributed by atoms with Gasteiger partial charge in [-0.15, -0.1) is 0 Å². The topological polar surface area (TPSA) is 135 Å². The summed E-state index contributed by atoms with van der Waals surface area (Å²) in [4.78, 5) is 7.42. The van der Waals surface area contributed by atoms with Crippen LogP contribution >= 0.6 is 0 Å². The zero-order valence-electron chi connectivity index (χ0n) is 17.7. The van der Waals surface area contributed by atoms with Crippen LogP contribution in [0.3, 0.4) is 0 Å². The number of pyridine rings is 2. The minimum atomic E-state index is -5.15. The van der Waals surface area contributed by atoms with Gasteiger partial charge >= 0.3 is 10.1 Å². The zero-order valence-corrected chi connectivity index (χ0v) is 21.0. The molecule has 0 atom stereocenters. The molecule has 0 bridgehead atoms. The molecule has 3 aromatic carbocycles. The molecule has 2 aromatic heterocycles. The van der Waals surface area contributed by atoms with Gasteiger partial charge in [0.15, 0.2) is 0 Å². The fourth-order valence-corrected chi connectivity index (χ4v) is 6.00. The molecular formula is C24H16N2O6RuS2. The van der Waals surface area contributed by atoms with E-state index in [4.69, 9.17) is 0 Å². The second-order valence-corrected chi connectivity index (χ2v) is 10.2. The van der Waals surface area contributed by atoms with E-state index >= 15 is 0 Å². The number of rotatable bonds is 4. The fourth-order valence-electron chi connectivity index (χ4n) is 4.08. The van der Waals surface area contributed by atoms with Gasteiger partial charge in [0, 0.05) is 42.0 Å². The SMILES string of the molecule is O=S(=O)(O)c1nc2c(ccc3c(-c4ccccc4)ccnc32)c(-c2ccccc2)c1S(=O)(=O)O.[Ru]. The van der Waals surface area contributed by atoms with E-state index < -0.39 is 30.2 Å². The predicted molar refractivity (Wildman–Crippen MR) is 128 cm³/mol. The van der Waals surface area contributed by atoms with Crippen molar-refractivity contribution in [2.24, 2.45) is 0 Å². The Labute approximate surface area is 213 Å². The maximum atomic E-state index is 12.4. The van der Waals surface area contributed by atoms with Crippen molar-refractivity contribution < 1.29 is 45.4 Å². The summed E-state index contributed by atoms with van der Waals surface area (Å²) in [5, 5.41) is -0.272. The second-order valence-electron chi connectivity index (χ2n) is 7.52. The summed E-state index contributed by atoms with van der Waals surface area (Å²) < 4.78 is 69.1. The second kappa shape index (κ2) is 9.18. The first-order valence-corrected chi connectivity index (χ1v) is 12.9. The first kappa shape index (κ1) is 25.0. The van der Waals surface area contributed by atoms with Crippen LogP contribution in [0.2, 0.25) is 0 Å². The molecule has 0 aliphatic carbocycles. The van der Waals surface area contributed by atoms with Crippen LogP contribution < -0.4 is 0 Å². The molecule has 178 valence electrons. The van der Waals surface area contributed by atoms with Crippen molar-refractivity contribution in [2.45, 2.75) is 9.92 Å². The Hall–Kier alpha value is -3.08. The summed E-state index contributed by atoms with van der Waals surface area (Å²) in [6, 6.07) is 22.7. The molecule has 0 saturated heterocycles. The van der Waals surface area contributed by atoms with Crippen molar-refractivity contribution in [2.75, 3.05) is 0 Å². The zero-order chi connectivity index (χ0) is 24.1. The molecule has 0 spiro atoms. The molecule has 0 aliphatic rings. The van der Waals surface area contributed by atoms with Crippen LogP contribution in [-0.2, 0) is 39.7 Å². The van der Waals surface area contributed by atoms with E-state index in [9.17, 15) is 25.9 Å². The Morgan fingerprint density at radius 3 is 1.77 bits per heavy atom. The number of benzene rings is 3. The Morgan fingerprint density at radius 1 is 0.629 bits per heavy atom. The van der Waals surface area contributed by atoms with Crippen molar-refractivity contribution in [1.82, 2.24) is 9.97 Å². The van der Waals surface area contributed by atoms with Crippen LogP contribution in [0, 0.1) is 0 Å². The largest absolute Gasteiger partial charge is 0.313 e. The summed E-state index contributed by atoms with van der Waals surface area (Å²) in [5.74, 6) is 0. The molecule has 0 fully saturated rings. The van der Waals surface area contributed by atoms with Crippen molar-refractivity contribution in [3.05, 3.63) is 85.1 Å². The van der Waals surface area contributed by atoms with E-state index in [1.807, 2.05) is 30.3 Å². The Kier molecular flexibility index (Phi) is 6.56. The van der Waals surface area contributed by atoms with Gasteiger partial charge in [-0.1, -0.05) is 72.8 Å². The van der Waals surface area contributed by atoms with Gasteiger partial charge in [0.05, 0.1) is 11.0 Å². The predicted octanol–water partition coefficient (Wildman–Crippen LogP) is 4.61. The maximum absolute atomic E-state index is 12.4. The summed E-state index contributed by atoms with van der Waals surface area (Å²) in [6.45, 7) is 0. The van der Waals surface area contributed by atoms with E-state index in [1.165, 1.54) is 6.20 Å². The molecule has 2 N–H and O–H groups in total. The number of nitrogens with zero attached hydrogens (tertiary/aromatic N) is 2.